The van der Waals surface area contributed by atoms with Crippen LogP contribution in [-0.4, -0.2) is 17.4 Å². The van der Waals surface area contributed by atoms with Crippen LogP contribution in [0.2, 0.25) is 0 Å². The Kier molecular flexibility index (Phi) is 5.55. The van der Waals surface area contributed by atoms with Crippen LogP contribution in [0.5, 0.6) is 0 Å². The van der Waals surface area contributed by atoms with E-state index < -0.39 is 0 Å². The first kappa shape index (κ1) is 11.9. The van der Waals surface area contributed by atoms with E-state index in [9.17, 15) is 4.79 Å². The normalized spacial score (nSPS) is 13.6. The maximum Gasteiger partial charge on any atom is 0.319 e. The van der Waals surface area contributed by atoms with Crippen molar-refractivity contribution >= 4 is 21.9 Å². The first-order valence-electron chi connectivity index (χ1n) is 4.25. The number of carbonyl (C=O) groups is 1. The minimum atomic E-state index is -0.170. The average molecular weight is 237 g/mol. The van der Waals surface area contributed by atoms with Gasteiger partial charge in [-0.2, -0.15) is 0 Å². The molecule has 0 aromatic carbocycles. The minimum Gasteiger partial charge on any atom is -0.465 e. The van der Waals surface area contributed by atoms with Gasteiger partial charge in [-0.25, -0.2) is 0 Å². The number of carbonyl (C=O) groups excluding carboxylic acids is 1. The molecule has 0 fully saturated rings. The number of ether oxygens (including phenoxy) is 1. The SMILES string of the molecule is CC(C)COC(=O)C(Br)C(C)C. The molecule has 2 nitrogen and oxygen atoms in total. The molecule has 0 saturated carbocycles. The van der Waals surface area contributed by atoms with Gasteiger partial charge in [0, 0.05) is 0 Å². The van der Waals surface area contributed by atoms with Crippen molar-refractivity contribution in [2.24, 2.45) is 11.8 Å². The summed E-state index contributed by atoms with van der Waals surface area (Å²) < 4.78 is 5.04. The second-order valence-electron chi connectivity index (χ2n) is 3.67. The predicted octanol–water partition coefficient (Wildman–Crippen LogP) is 2.61. The van der Waals surface area contributed by atoms with E-state index in [1.54, 1.807) is 0 Å². The van der Waals surface area contributed by atoms with E-state index in [1.165, 1.54) is 0 Å². The number of hydrogen-bond acceptors (Lipinski definition) is 2. The summed E-state index contributed by atoms with van der Waals surface area (Å²) in [6.07, 6.45) is 0. The molecular formula is C9H17BrO2. The Balaban J connectivity index is 3.72. The molecule has 0 saturated heterocycles. The number of esters is 1. The molecule has 0 bridgehead atoms. The van der Waals surface area contributed by atoms with Crippen molar-refractivity contribution in [2.75, 3.05) is 6.61 Å². The number of rotatable bonds is 4. The van der Waals surface area contributed by atoms with Gasteiger partial charge in [-0.1, -0.05) is 43.6 Å². The van der Waals surface area contributed by atoms with Crippen molar-refractivity contribution in [1.29, 1.82) is 0 Å². The van der Waals surface area contributed by atoms with Gasteiger partial charge in [0.25, 0.3) is 0 Å². The Morgan fingerprint density at radius 2 is 1.83 bits per heavy atom. The molecule has 0 radical (unpaired) electrons. The van der Waals surface area contributed by atoms with Gasteiger partial charge in [0.1, 0.15) is 4.83 Å². The van der Waals surface area contributed by atoms with Crippen molar-refractivity contribution in [3.63, 3.8) is 0 Å². The summed E-state index contributed by atoms with van der Waals surface area (Å²) in [7, 11) is 0. The Morgan fingerprint density at radius 3 is 2.17 bits per heavy atom. The highest BCUT2D eigenvalue weighted by molar-refractivity contribution is 9.10. The predicted molar refractivity (Wildman–Crippen MR) is 53.4 cm³/mol. The molecule has 72 valence electrons. The van der Waals surface area contributed by atoms with E-state index in [0.29, 0.717) is 12.5 Å². The zero-order chi connectivity index (χ0) is 9.72. The third kappa shape index (κ3) is 4.75. The van der Waals surface area contributed by atoms with E-state index >= 15 is 0 Å². The van der Waals surface area contributed by atoms with E-state index in [0.717, 1.165) is 0 Å². The van der Waals surface area contributed by atoms with Crippen molar-refractivity contribution in [1.82, 2.24) is 0 Å². The van der Waals surface area contributed by atoms with E-state index in [-0.39, 0.29) is 16.7 Å². The first-order chi connectivity index (χ1) is 5.45. The van der Waals surface area contributed by atoms with Crippen LogP contribution in [-0.2, 0) is 9.53 Å². The van der Waals surface area contributed by atoms with Crippen molar-refractivity contribution in [2.45, 2.75) is 32.5 Å². The number of hydrogen-bond donors (Lipinski definition) is 0. The minimum absolute atomic E-state index is 0.154. The molecule has 0 aliphatic carbocycles. The topological polar surface area (TPSA) is 26.3 Å². The monoisotopic (exact) mass is 236 g/mol. The van der Waals surface area contributed by atoms with Crippen molar-refractivity contribution < 1.29 is 9.53 Å². The lowest BCUT2D eigenvalue weighted by Gasteiger charge is -2.13. The lowest BCUT2D eigenvalue weighted by Crippen LogP contribution is -2.24. The third-order valence-electron chi connectivity index (χ3n) is 1.37. The lowest BCUT2D eigenvalue weighted by molar-refractivity contribution is -0.144. The zero-order valence-electron chi connectivity index (χ0n) is 8.13. The molecule has 0 aromatic heterocycles. The maximum absolute atomic E-state index is 11.2. The number of alkyl halides is 1. The fourth-order valence-electron chi connectivity index (χ4n) is 0.601. The molecule has 12 heavy (non-hydrogen) atoms. The smallest absolute Gasteiger partial charge is 0.319 e. The summed E-state index contributed by atoms with van der Waals surface area (Å²) in [4.78, 5) is 11.0. The van der Waals surface area contributed by atoms with Gasteiger partial charge in [-0.15, -0.1) is 0 Å². The van der Waals surface area contributed by atoms with Crippen LogP contribution >= 0.6 is 15.9 Å². The molecule has 0 spiro atoms. The zero-order valence-corrected chi connectivity index (χ0v) is 9.72. The molecule has 0 rings (SSSR count). The molecule has 0 aliphatic rings. The van der Waals surface area contributed by atoms with Crippen molar-refractivity contribution in [3.8, 4) is 0 Å². The molecule has 1 atom stereocenters. The van der Waals surface area contributed by atoms with E-state index in [1.807, 2.05) is 27.7 Å². The summed E-state index contributed by atoms with van der Waals surface area (Å²) in [5.41, 5.74) is 0. The van der Waals surface area contributed by atoms with Crippen LogP contribution in [0.4, 0.5) is 0 Å². The summed E-state index contributed by atoms with van der Waals surface area (Å²) in [6, 6.07) is 0. The summed E-state index contributed by atoms with van der Waals surface area (Å²) in [5, 5.41) is 0. The molecular weight excluding hydrogens is 220 g/mol. The Bertz CT molecular complexity index is 143. The third-order valence-corrected chi connectivity index (χ3v) is 2.80. The fourth-order valence-corrected chi connectivity index (χ4v) is 0.733. The van der Waals surface area contributed by atoms with E-state index in [2.05, 4.69) is 15.9 Å². The molecule has 1 unspecified atom stereocenters. The standard InChI is InChI=1S/C9H17BrO2/c1-6(2)5-12-9(11)8(10)7(3)4/h6-8H,5H2,1-4H3. The number of halogens is 1. The van der Waals surface area contributed by atoms with Gasteiger partial charge in [-0.3, -0.25) is 4.79 Å². The van der Waals surface area contributed by atoms with Crippen LogP contribution in [0.25, 0.3) is 0 Å². The van der Waals surface area contributed by atoms with Gasteiger partial charge >= 0.3 is 5.97 Å². The molecule has 0 N–H and O–H groups in total. The second kappa shape index (κ2) is 5.57. The summed E-state index contributed by atoms with van der Waals surface area (Å²) in [6.45, 7) is 8.51. The van der Waals surface area contributed by atoms with Crippen molar-refractivity contribution in [3.05, 3.63) is 0 Å². The Labute approximate surface area is 82.8 Å². The molecule has 0 heterocycles. The Hall–Kier alpha value is -0.0500. The quantitative estimate of drug-likeness (QED) is 0.555. The largest absolute Gasteiger partial charge is 0.465 e. The maximum atomic E-state index is 11.2. The van der Waals surface area contributed by atoms with Crippen LogP contribution in [0.1, 0.15) is 27.7 Å². The highest BCUT2D eigenvalue weighted by Crippen LogP contribution is 2.13. The molecule has 0 aliphatic heterocycles. The average Bonchev–Trinajstić information content (AvgIpc) is 1.98. The van der Waals surface area contributed by atoms with Crippen LogP contribution < -0.4 is 0 Å². The molecule has 0 aromatic rings. The highest BCUT2D eigenvalue weighted by atomic mass is 79.9. The van der Waals surface area contributed by atoms with Gasteiger partial charge in [0.15, 0.2) is 0 Å². The van der Waals surface area contributed by atoms with Crippen LogP contribution in [0.3, 0.4) is 0 Å². The van der Waals surface area contributed by atoms with Gasteiger partial charge < -0.3 is 4.74 Å². The lowest BCUT2D eigenvalue weighted by atomic mass is 10.1. The Morgan fingerprint density at radius 1 is 1.33 bits per heavy atom. The molecule has 3 heteroatoms. The van der Waals surface area contributed by atoms with Gasteiger partial charge in [-0.05, 0) is 11.8 Å². The van der Waals surface area contributed by atoms with Gasteiger partial charge in [0.05, 0.1) is 6.61 Å². The van der Waals surface area contributed by atoms with Crippen LogP contribution in [0, 0.1) is 11.8 Å². The first-order valence-corrected chi connectivity index (χ1v) is 5.17. The summed E-state index contributed by atoms with van der Waals surface area (Å²) >= 11 is 3.28. The fraction of sp³-hybridized carbons (Fsp3) is 0.889. The summed E-state index contributed by atoms with van der Waals surface area (Å²) in [5.74, 6) is 0.532. The van der Waals surface area contributed by atoms with E-state index in [4.69, 9.17) is 4.74 Å². The highest BCUT2D eigenvalue weighted by Gasteiger charge is 2.19. The van der Waals surface area contributed by atoms with Crippen LogP contribution in [0.15, 0.2) is 0 Å². The molecule has 0 amide bonds. The second-order valence-corrected chi connectivity index (χ2v) is 4.66. The van der Waals surface area contributed by atoms with Gasteiger partial charge in [0.2, 0.25) is 0 Å².